The first-order chi connectivity index (χ1) is 6.65. The van der Waals surface area contributed by atoms with Gasteiger partial charge < -0.3 is 5.73 Å². The maximum atomic E-state index is 10.7. The van der Waals surface area contributed by atoms with Gasteiger partial charge in [0.1, 0.15) is 0 Å². The minimum atomic E-state index is -0.364. The van der Waals surface area contributed by atoms with Crippen molar-refractivity contribution < 1.29 is 4.92 Å². The highest BCUT2D eigenvalue weighted by atomic mass is 79.9. The van der Waals surface area contributed by atoms with Crippen LogP contribution in [0.4, 0.5) is 5.69 Å². The highest BCUT2D eigenvalue weighted by molar-refractivity contribution is 9.10. The topological polar surface area (TPSA) is 69.2 Å². The maximum Gasteiger partial charge on any atom is 0.273 e. The molecule has 0 spiro atoms. The smallest absolute Gasteiger partial charge is 0.273 e. The Balaban J connectivity index is 2.96. The first kappa shape index (κ1) is 11.1. The number of hydrogen-bond acceptors (Lipinski definition) is 3. The second-order valence-corrected chi connectivity index (χ2v) is 3.84. The number of nitro benzene ring substituents is 1. The van der Waals surface area contributed by atoms with Gasteiger partial charge in [-0.3, -0.25) is 10.1 Å². The number of halogens is 1. The quantitative estimate of drug-likeness (QED) is 0.666. The van der Waals surface area contributed by atoms with Crippen molar-refractivity contribution in [2.24, 2.45) is 5.73 Å². The van der Waals surface area contributed by atoms with Crippen molar-refractivity contribution >= 4 is 21.6 Å². The molecule has 0 aromatic heterocycles. The van der Waals surface area contributed by atoms with Gasteiger partial charge in [0, 0.05) is 16.1 Å². The summed E-state index contributed by atoms with van der Waals surface area (Å²) in [7, 11) is 0. The lowest BCUT2D eigenvalue weighted by Gasteiger charge is -2.01. The van der Waals surface area contributed by atoms with Gasteiger partial charge in [-0.25, -0.2) is 0 Å². The predicted molar refractivity (Wildman–Crippen MR) is 58.2 cm³/mol. The zero-order valence-electron chi connectivity index (χ0n) is 7.57. The van der Waals surface area contributed by atoms with E-state index >= 15 is 0 Å². The van der Waals surface area contributed by atoms with E-state index in [0.29, 0.717) is 13.0 Å². The Morgan fingerprint density at radius 1 is 1.50 bits per heavy atom. The summed E-state index contributed by atoms with van der Waals surface area (Å²) < 4.78 is 0.723. The van der Waals surface area contributed by atoms with Crippen LogP contribution in [0.1, 0.15) is 12.0 Å². The minimum Gasteiger partial charge on any atom is -0.330 e. The Kier molecular flexibility index (Phi) is 4.03. The van der Waals surface area contributed by atoms with E-state index in [0.717, 1.165) is 16.5 Å². The van der Waals surface area contributed by atoms with Crippen molar-refractivity contribution in [2.45, 2.75) is 12.8 Å². The summed E-state index contributed by atoms with van der Waals surface area (Å²) in [4.78, 5) is 10.3. The molecule has 0 bridgehead atoms. The number of nitrogens with two attached hydrogens (primary N) is 1. The van der Waals surface area contributed by atoms with Crippen LogP contribution in [0, 0.1) is 10.1 Å². The van der Waals surface area contributed by atoms with Gasteiger partial charge in [0.25, 0.3) is 5.69 Å². The number of nitrogens with zero attached hydrogens (tertiary/aromatic N) is 1. The van der Waals surface area contributed by atoms with Crippen molar-refractivity contribution in [3.63, 3.8) is 0 Å². The monoisotopic (exact) mass is 258 g/mol. The molecule has 0 aliphatic rings. The molecule has 0 atom stereocenters. The van der Waals surface area contributed by atoms with Crippen molar-refractivity contribution in [3.05, 3.63) is 38.3 Å². The standard InChI is InChI=1S/C9H11BrN2O2/c10-8-4-3-7(2-1-5-11)9(6-8)12(13)14/h3-4,6H,1-2,5,11H2. The van der Waals surface area contributed by atoms with Crippen molar-refractivity contribution in [1.29, 1.82) is 0 Å². The SMILES string of the molecule is NCCCc1ccc(Br)cc1[N+](=O)[O-]. The van der Waals surface area contributed by atoms with E-state index in [9.17, 15) is 10.1 Å². The third-order valence-electron chi connectivity index (χ3n) is 1.89. The number of nitro groups is 1. The Hall–Kier alpha value is -0.940. The molecule has 0 fully saturated rings. The van der Waals surface area contributed by atoms with Crippen LogP contribution in [0.5, 0.6) is 0 Å². The molecule has 5 heteroatoms. The summed E-state index contributed by atoms with van der Waals surface area (Å²) in [5.74, 6) is 0. The van der Waals surface area contributed by atoms with E-state index in [1.165, 1.54) is 6.07 Å². The molecule has 0 aliphatic heterocycles. The van der Waals surface area contributed by atoms with E-state index in [1.54, 1.807) is 12.1 Å². The van der Waals surface area contributed by atoms with E-state index in [1.807, 2.05) is 0 Å². The summed E-state index contributed by atoms with van der Waals surface area (Å²) in [6.07, 6.45) is 1.42. The Morgan fingerprint density at radius 3 is 2.79 bits per heavy atom. The van der Waals surface area contributed by atoms with Crippen molar-refractivity contribution in [3.8, 4) is 0 Å². The van der Waals surface area contributed by atoms with Gasteiger partial charge >= 0.3 is 0 Å². The molecule has 0 radical (unpaired) electrons. The molecular formula is C9H11BrN2O2. The molecule has 0 aliphatic carbocycles. The third-order valence-corrected chi connectivity index (χ3v) is 2.39. The summed E-state index contributed by atoms with van der Waals surface area (Å²) in [6, 6.07) is 5.09. The van der Waals surface area contributed by atoms with Crippen LogP contribution in [0.2, 0.25) is 0 Å². The molecule has 1 aromatic carbocycles. The van der Waals surface area contributed by atoms with Crippen LogP contribution in [-0.4, -0.2) is 11.5 Å². The van der Waals surface area contributed by atoms with Crippen LogP contribution in [0.15, 0.2) is 22.7 Å². The number of rotatable bonds is 4. The van der Waals surface area contributed by atoms with E-state index in [-0.39, 0.29) is 10.6 Å². The number of aryl methyl sites for hydroxylation is 1. The predicted octanol–water partition coefficient (Wildman–Crippen LogP) is 2.25. The van der Waals surface area contributed by atoms with Gasteiger partial charge in [-0.05, 0) is 25.5 Å². The molecular weight excluding hydrogens is 248 g/mol. The molecule has 1 aromatic rings. The number of hydrogen-bond donors (Lipinski definition) is 1. The lowest BCUT2D eigenvalue weighted by Crippen LogP contribution is -2.02. The largest absolute Gasteiger partial charge is 0.330 e. The fourth-order valence-corrected chi connectivity index (χ4v) is 1.56. The van der Waals surface area contributed by atoms with Crippen LogP contribution in [0.3, 0.4) is 0 Å². The van der Waals surface area contributed by atoms with Gasteiger partial charge in [0.05, 0.1) is 4.92 Å². The van der Waals surface area contributed by atoms with Gasteiger partial charge in [-0.1, -0.05) is 22.0 Å². The lowest BCUT2D eigenvalue weighted by molar-refractivity contribution is -0.385. The average molecular weight is 259 g/mol. The third kappa shape index (κ3) is 2.78. The summed E-state index contributed by atoms with van der Waals surface area (Å²) in [5, 5.41) is 10.7. The van der Waals surface area contributed by atoms with E-state index in [4.69, 9.17) is 5.73 Å². The molecule has 0 amide bonds. The Morgan fingerprint density at radius 2 is 2.21 bits per heavy atom. The summed E-state index contributed by atoms with van der Waals surface area (Å²) >= 11 is 3.20. The molecule has 14 heavy (non-hydrogen) atoms. The maximum absolute atomic E-state index is 10.7. The summed E-state index contributed by atoms with van der Waals surface area (Å²) in [5.41, 5.74) is 6.25. The Labute approximate surface area is 90.4 Å². The molecule has 0 heterocycles. The molecule has 1 rings (SSSR count). The second-order valence-electron chi connectivity index (χ2n) is 2.92. The van der Waals surface area contributed by atoms with E-state index < -0.39 is 0 Å². The molecule has 0 saturated carbocycles. The number of benzene rings is 1. The lowest BCUT2D eigenvalue weighted by atomic mass is 10.1. The van der Waals surface area contributed by atoms with Crippen molar-refractivity contribution in [2.75, 3.05) is 6.54 Å². The van der Waals surface area contributed by atoms with E-state index in [2.05, 4.69) is 15.9 Å². The molecule has 2 N–H and O–H groups in total. The summed E-state index contributed by atoms with van der Waals surface area (Å²) in [6.45, 7) is 0.549. The first-order valence-corrected chi connectivity index (χ1v) is 5.07. The fourth-order valence-electron chi connectivity index (χ4n) is 1.21. The first-order valence-electron chi connectivity index (χ1n) is 4.28. The zero-order chi connectivity index (χ0) is 10.6. The van der Waals surface area contributed by atoms with Gasteiger partial charge in [0.15, 0.2) is 0 Å². The van der Waals surface area contributed by atoms with Crippen molar-refractivity contribution in [1.82, 2.24) is 0 Å². The van der Waals surface area contributed by atoms with Gasteiger partial charge in [-0.2, -0.15) is 0 Å². The highest BCUT2D eigenvalue weighted by Gasteiger charge is 2.12. The second kappa shape index (κ2) is 5.07. The molecule has 0 saturated heterocycles. The fraction of sp³-hybridized carbons (Fsp3) is 0.333. The molecule has 76 valence electrons. The Bertz CT molecular complexity index is 342. The van der Waals surface area contributed by atoms with Crippen LogP contribution in [-0.2, 0) is 6.42 Å². The average Bonchev–Trinajstić information content (AvgIpc) is 2.15. The van der Waals surface area contributed by atoms with Crippen LogP contribution >= 0.6 is 15.9 Å². The normalized spacial score (nSPS) is 10.1. The van der Waals surface area contributed by atoms with Crippen LogP contribution in [0.25, 0.3) is 0 Å². The molecule has 0 unspecified atom stereocenters. The van der Waals surface area contributed by atoms with Gasteiger partial charge in [-0.15, -0.1) is 0 Å². The molecule has 4 nitrogen and oxygen atoms in total. The minimum absolute atomic E-state index is 0.160. The highest BCUT2D eigenvalue weighted by Crippen LogP contribution is 2.24. The van der Waals surface area contributed by atoms with Gasteiger partial charge in [0.2, 0.25) is 0 Å². The zero-order valence-corrected chi connectivity index (χ0v) is 9.16. The van der Waals surface area contributed by atoms with Crippen LogP contribution < -0.4 is 5.73 Å².